The van der Waals surface area contributed by atoms with E-state index in [1.807, 2.05) is 0 Å². The van der Waals surface area contributed by atoms with Crippen molar-refractivity contribution in [3.63, 3.8) is 0 Å². The van der Waals surface area contributed by atoms with Crippen molar-refractivity contribution in [1.82, 2.24) is 5.32 Å². The molecule has 2 rings (SSSR count). The molecular weight excluding hydrogens is 130 g/mol. The van der Waals surface area contributed by atoms with Crippen LogP contribution in [0.4, 0.5) is 0 Å². The minimum Gasteiger partial charge on any atom is -0.468 e. The van der Waals surface area contributed by atoms with Crippen LogP contribution < -0.4 is 5.32 Å². The fourth-order valence-electron chi connectivity index (χ4n) is 1.65. The minimum absolute atomic E-state index is 0.00579. The first-order valence-electron chi connectivity index (χ1n) is 3.65. The molecule has 2 fully saturated rings. The monoisotopic (exact) mass is 141 g/mol. The summed E-state index contributed by atoms with van der Waals surface area (Å²) in [4.78, 5) is 10.9. The summed E-state index contributed by atoms with van der Waals surface area (Å²) in [6.45, 7) is 0. The SMILES string of the molecule is COC(=O)[C@@H]1CC2CC2N1. The van der Waals surface area contributed by atoms with Crippen LogP contribution in [0.15, 0.2) is 0 Å². The molecule has 1 heterocycles. The number of piperidine rings is 1. The lowest BCUT2D eigenvalue weighted by atomic mass is 10.2. The highest BCUT2D eigenvalue weighted by Gasteiger charge is 2.48. The Morgan fingerprint density at radius 3 is 2.90 bits per heavy atom. The Hall–Kier alpha value is -0.570. The maximum atomic E-state index is 10.9. The van der Waals surface area contributed by atoms with Crippen LogP contribution in [0.5, 0.6) is 0 Å². The summed E-state index contributed by atoms with van der Waals surface area (Å²) in [6.07, 6.45) is 2.24. The second-order valence-corrected chi connectivity index (χ2v) is 3.08. The third-order valence-electron chi connectivity index (χ3n) is 2.36. The number of rotatable bonds is 1. The van der Waals surface area contributed by atoms with Crippen LogP contribution in [0.3, 0.4) is 0 Å². The van der Waals surface area contributed by atoms with E-state index in [1.165, 1.54) is 13.5 Å². The normalized spacial score (nSPS) is 42.7. The molecule has 0 bridgehead atoms. The molecule has 0 spiro atoms. The van der Waals surface area contributed by atoms with Crippen molar-refractivity contribution < 1.29 is 9.53 Å². The molecule has 1 N–H and O–H groups in total. The lowest BCUT2D eigenvalue weighted by molar-refractivity contribution is -0.142. The maximum Gasteiger partial charge on any atom is 0.322 e. The Labute approximate surface area is 59.7 Å². The van der Waals surface area contributed by atoms with E-state index in [1.54, 1.807) is 0 Å². The van der Waals surface area contributed by atoms with Gasteiger partial charge in [0.1, 0.15) is 6.04 Å². The molecule has 1 saturated heterocycles. The molecule has 1 saturated carbocycles. The summed E-state index contributed by atoms with van der Waals surface area (Å²) < 4.78 is 4.60. The largest absolute Gasteiger partial charge is 0.468 e. The number of ether oxygens (including phenoxy) is 1. The van der Waals surface area contributed by atoms with E-state index < -0.39 is 0 Å². The van der Waals surface area contributed by atoms with E-state index in [2.05, 4.69) is 10.1 Å². The van der Waals surface area contributed by atoms with Gasteiger partial charge in [0.25, 0.3) is 0 Å². The van der Waals surface area contributed by atoms with Crippen molar-refractivity contribution in [2.24, 2.45) is 5.92 Å². The van der Waals surface area contributed by atoms with Gasteiger partial charge in [-0.1, -0.05) is 0 Å². The molecule has 0 aromatic carbocycles. The van der Waals surface area contributed by atoms with Crippen molar-refractivity contribution in [3.8, 4) is 0 Å². The zero-order valence-electron chi connectivity index (χ0n) is 5.96. The number of methoxy groups -OCH3 is 1. The van der Waals surface area contributed by atoms with Gasteiger partial charge in [0.15, 0.2) is 0 Å². The van der Waals surface area contributed by atoms with Crippen LogP contribution in [0.25, 0.3) is 0 Å². The molecule has 56 valence electrons. The molecule has 3 heteroatoms. The summed E-state index contributed by atoms with van der Waals surface area (Å²) in [5.41, 5.74) is 0. The molecule has 0 radical (unpaired) electrons. The van der Waals surface area contributed by atoms with Crippen LogP contribution in [0.1, 0.15) is 12.8 Å². The second kappa shape index (κ2) is 1.95. The quantitative estimate of drug-likeness (QED) is 0.519. The summed E-state index contributed by atoms with van der Waals surface area (Å²) in [6, 6.07) is 0.623. The molecule has 2 unspecified atom stereocenters. The van der Waals surface area contributed by atoms with Gasteiger partial charge in [-0.15, -0.1) is 0 Å². The van der Waals surface area contributed by atoms with Gasteiger partial charge in [-0.05, 0) is 18.8 Å². The van der Waals surface area contributed by atoms with Gasteiger partial charge in [-0.25, -0.2) is 0 Å². The topological polar surface area (TPSA) is 38.3 Å². The first kappa shape index (κ1) is 6.16. The highest BCUT2D eigenvalue weighted by molar-refractivity contribution is 5.76. The molecular formula is C7H11NO2. The summed E-state index contributed by atoms with van der Waals surface area (Å²) >= 11 is 0. The van der Waals surface area contributed by atoms with E-state index in [4.69, 9.17) is 0 Å². The third-order valence-corrected chi connectivity index (χ3v) is 2.36. The second-order valence-electron chi connectivity index (χ2n) is 3.08. The van der Waals surface area contributed by atoms with Crippen molar-refractivity contribution in [1.29, 1.82) is 0 Å². The first-order valence-corrected chi connectivity index (χ1v) is 3.65. The Morgan fingerprint density at radius 2 is 2.40 bits per heavy atom. The Balaban J connectivity index is 1.90. The van der Waals surface area contributed by atoms with Crippen LogP contribution in [-0.2, 0) is 9.53 Å². The first-order chi connectivity index (χ1) is 4.81. The molecule has 3 nitrogen and oxygen atoms in total. The third kappa shape index (κ3) is 0.814. The summed E-state index contributed by atoms with van der Waals surface area (Å²) in [5, 5.41) is 3.20. The highest BCUT2D eigenvalue weighted by Crippen LogP contribution is 2.40. The van der Waals surface area contributed by atoms with Crippen LogP contribution in [0.2, 0.25) is 0 Å². The summed E-state index contributed by atoms with van der Waals surface area (Å²) in [7, 11) is 1.44. The van der Waals surface area contributed by atoms with Gasteiger partial charge in [0.2, 0.25) is 0 Å². The molecule has 0 aromatic heterocycles. The number of carbonyl (C=O) groups is 1. The van der Waals surface area contributed by atoms with Gasteiger partial charge in [-0.3, -0.25) is 4.79 Å². The fourth-order valence-corrected chi connectivity index (χ4v) is 1.65. The van der Waals surface area contributed by atoms with Gasteiger partial charge in [0.05, 0.1) is 7.11 Å². The Morgan fingerprint density at radius 1 is 1.60 bits per heavy atom. The van der Waals surface area contributed by atoms with Crippen LogP contribution in [0, 0.1) is 5.92 Å². The number of hydrogen-bond acceptors (Lipinski definition) is 3. The van der Waals surface area contributed by atoms with Gasteiger partial charge >= 0.3 is 5.97 Å². The number of fused-ring (bicyclic) bond motifs is 1. The van der Waals surface area contributed by atoms with E-state index in [0.717, 1.165) is 12.3 Å². The Kier molecular flexibility index (Phi) is 1.20. The van der Waals surface area contributed by atoms with Crippen LogP contribution >= 0.6 is 0 Å². The molecule has 10 heavy (non-hydrogen) atoms. The molecule has 1 aliphatic carbocycles. The lowest BCUT2D eigenvalue weighted by Gasteiger charge is -2.08. The standard InChI is InChI=1S/C7H11NO2/c1-10-7(9)6-3-4-2-5(4)8-6/h4-6,8H,2-3H2,1H3/t4?,5?,6-/m0/s1. The average Bonchev–Trinajstić information content (AvgIpc) is 2.57. The van der Waals surface area contributed by atoms with Gasteiger partial charge in [-0.2, -0.15) is 0 Å². The Bertz CT molecular complexity index is 159. The van der Waals surface area contributed by atoms with E-state index in [0.29, 0.717) is 6.04 Å². The smallest absolute Gasteiger partial charge is 0.322 e. The molecule has 3 atom stereocenters. The van der Waals surface area contributed by atoms with Gasteiger partial charge in [0, 0.05) is 6.04 Å². The summed E-state index contributed by atoms with van der Waals surface area (Å²) in [5.74, 6) is 0.663. The predicted octanol–water partition coefficient (Wildman–Crippen LogP) is -0.0902. The van der Waals surface area contributed by atoms with Crippen molar-refractivity contribution in [2.75, 3.05) is 7.11 Å². The number of nitrogens with one attached hydrogen (secondary N) is 1. The molecule has 0 amide bonds. The zero-order chi connectivity index (χ0) is 7.14. The van der Waals surface area contributed by atoms with Crippen molar-refractivity contribution in [2.45, 2.75) is 24.9 Å². The predicted molar refractivity (Wildman–Crippen MR) is 35.5 cm³/mol. The van der Waals surface area contributed by atoms with E-state index in [-0.39, 0.29) is 12.0 Å². The van der Waals surface area contributed by atoms with E-state index >= 15 is 0 Å². The van der Waals surface area contributed by atoms with Crippen molar-refractivity contribution in [3.05, 3.63) is 0 Å². The molecule has 2 aliphatic rings. The molecule has 0 aromatic rings. The fraction of sp³-hybridized carbons (Fsp3) is 0.857. The lowest BCUT2D eigenvalue weighted by Crippen LogP contribution is -2.34. The zero-order valence-corrected chi connectivity index (χ0v) is 5.96. The number of esters is 1. The van der Waals surface area contributed by atoms with E-state index in [9.17, 15) is 4.79 Å². The number of carbonyl (C=O) groups excluding carboxylic acids is 1. The number of hydrogen-bond donors (Lipinski definition) is 1. The van der Waals surface area contributed by atoms with Crippen LogP contribution in [-0.4, -0.2) is 25.2 Å². The van der Waals surface area contributed by atoms with Gasteiger partial charge < -0.3 is 10.1 Å². The minimum atomic E-state index is -0.104. The average molecular weight is 141 g/mol. The van der Waals surface area contributed by atoms with Crippen molar-refractivity contribution >= 4 is 5.97 Å². The highest BCUT2D eigenvalue weighted by atomic mass is 16.5. The molecule has 1 aliphatic heterocycles. The maximum absolute atomic E-state index is 10.9.